The SMILES string of the molecule is CC(=O)N1CCN(C(=O)c2cccc(N3CCCC3)n2)CC1. The van der Waals surface area contributed by atoms with Crippen molar-refractivity contribution in [1.29, 1.82) is 0 Å². The van der Waals surface area contributed by atoms with Crippen molar-refractivity contribution >= 4 is 17.6 Å². The van der Waals surface area contributed by atoms with Crippen LogP contribution in [0, 0.1) is 0 Å². The van der Waals surface area contributed by atoms with E-state index in [1.54, 1.807) is 22.8 Å². The third kappa shape index (κ3) is 3.05. The van der Waals surface area contributed by atoms with E-state index in [1.807, 2.05) is 12.1 Å². The van der Waals surface area contributed by atoms with Gasteiger partial charge in [-0.2, -0.15) is 0 Å². The molecule has 118 valence electrons. The number of hydrogen-bond acceptors (Lipinski definition) is 4. The summed E-state index contributed by atoms with van der Waals surface area (Å²) in [6.07, 6.45) is 2.37. The lowest BCUT2D eigenvalue weighted by Crippen LogP contribution is -2.50. The van der Waals surface area contributed by atoms with E-state index < -0.39 is 0 Å². The van der Waals surface area contributed by atoms with Crippen LogP contribution in [0.5, 0.6) is 0 Å². The van der Waals surface area contributed by atoms with Gasteiger partial charge >= 0.3 is 0 Å². The molecule has 0 atom stereocenters. The maximum atomic E-state index is 12.6. The molecule has 2 aliphatic heterocycles. The van der Waals surface area contributed by atoms with Gasteiger partial charge in [-0.15, -0.1) is 0 Å². The van der Waals surface area contributed by atoms with Gasteiger partial charge in [0.05, 0.1) is 0 Å². The minimum Gasteiger partial charge on any atom is -0.357 e. The summed E-state index contributed by atoms with van der Waals surface area (Å²) in [5.74, 6) is 0.927. The minimum absolute atomic E-state index is 0.0377. The minimum atomic E-state index is -0.0377. The molecule has 0 N–H and O–H groups in total. The summed E-state index contributed by atoms with van der Waals surface area (Å²) in [6, 6.07) is 5.65. The number of pyridine rings is 1. The lowest BCUT2D eigenvalue weighted by molar-refractivity contribution is -0.130. The molecular formula is C16H22N4O2. The lowest BCUT2D eigenvalue weighted by Gasteiger charge is -2.34. The van der Waals surface area contributed by atoms with Crippen molar-refractivity contribution in [3.8, 4) is 0 Å². The quantitative estimate of drug-likeness (QED) is 0.817. The predicted octanol–water partition coefficient (Wildman–Crippen LogP) is 0.986. The molecule has 0 aromatic carbocycles. The summed E-state index contributed by atoms with van der Waals surface area (Å²) in [5, 5.41) is 0. The molecule has 0 bridgehead atoms. The molecule has 0 radical (unpaired) electrons. The Morgan fingerprint density at radius 1 is 0.955 bits per heavy atom. The van der Waals surface area contributed by atoms with Crippen molar-refractivity contribution < 1.29 is 9.59 Å². The first-order valence-corrected chi connectivity index (χ1v) is 7.92. The van der Waals surface area contributed by atoms with E-state index >= 15 is 0 Å². The first-order valence-electron chi connectivity index (χ1n) is 7.92. The normalized spacial score (nSPS) is 18.7. The average molecular weight is 302 g/mol. The number of piperazine rings is 1. The molecule has 6 heteroatoms. The Bertz CT molecular complexity index is 561. The molecule has 3 heterocycles. The van der Waals surface area contributed by atoms with Crippen molar-refractivity contribution in [3.63, 3.8) is 0 Å². The molecule has 2 amide bonds. The Balaban J connectivity index is 1.67. The van der Waals surface area contributed by atoms with Crippen LogP contribution in [0.25, 0.3) is 0 Å². The number of anilines is 1. The maximum absolute atomic E-state index is 12.6. The van der Waals surface area contributed by atoms with E-state index in [9.17, 15) is 9.59 Å². The zero-order valence-corrected chi connectivity index (χ0v) is 13.0. The Hall–Kier alpha value is -2.11. The smallest absolute Gasteiger partial charge is 0.272 e. The first kappa shape index (κ1) is 14.8. The van der Waals surface area contributed by atoms with Gasteiger partial charge in [0.15, 0.2) is 0 Å². The van der Waals surface area contributed by atoms with Gasteiger partial charge in [0, 0.05) is 46.2 Å². The van der Waals surface area contributed by atoms with Crippen LogP contribution in [0.4, 0.5) is 5.82 Å². The van der Waals surface area contributed by atoms with Crippen LogP contribution in [0.3, 0.4) is 0 Å². The summed E-state index contributed by atoms with van der Waals surface area (Å²) >= 11 is 0. The summed E-state index contributed by atoms with van der Waals surface area (Å²) in [7, 11) is 0. The van der Waals surface area contributed by atoms with Gasteiger partial charge in [0.2, 0.25) is 5.91 Å². The molecule has 22 heavy (non-hydrogen) atoms. The van der Waals surface area contributed by atoms with Gasteiger partial charge in [-0.3, -0.25) is 9.59 Å². The van der Waals surface area contributed by atoms with Crippen LogP contribution in [0.15, 0.2) is 18.2 Å². The number of amides is 2. The number of hydrogen-bond donors (Lipinski definition) is 0. The van der Waals surface area contributed by atoms with Crippen LogP contribution in [-0.4, -0.2) is 65.9 Å². The molecule has 1 aromatic rings. The highest BCUT2D eigenvalue weighted by molar-refractivity contribution is 5.93. The molecule has 2 aliphatic rings. The molecule has 0 unspecified atom stereocenters. The number of carbonyl (C=O) groups is 2. The number of rotatable bonds is 2. The van der Waals surface area contributed by atoms with Crippen molar-refractivity contribution in [1.82, 2.24) is 14.8 Å². The van der Waals surface area contributed by atoms with Crippen molar-refractivity contribution in [2.45, 2.75) is 19.8 Å². The highest BCUT2D eigenvalue weighted by Crippen LogP contribution is 2.18. The zero-order valence-electron chi connectivity index (χ0n) is 13.0. The van der Waals surface area contributed by atoms with Crippen LogP contribution >= 0.6 is 0 Å². The molecule has 0 aliphatic carbocycles. The van der Waals surface area contributed by atoms with Crippen molar-refractivity contribution in [2.24, 2.45) is 0 Å². The number of carbonyl (C=O) groups excluding carboxylic acids is 2. The topological polar surface area (TPSA) is 56.8 Å². The molecule has 3 rings (SSSR count). The summed E-state index contributed by atoms with van der Waals surface area (Å²) in [6.45, 7) is 5.96. The Morgan fingerprint density at radius 3 is 2.23 bits per heavy atom. The summed E-state index contributed by atoms with van der Waals surface area (Å²) in [4.78, 5) is 34.3. The molecule has 6 nitrogen and oxygen atoms in total. The molecule has 2 saturated heterocycles. The average Bonchev–Trinajstić information content (AvgIpc) is 3.09. The highest BCUT2D eigenvalue weighted by Gasteiger charge is 2.24. The Morgan fingerprint density at radius 2 is 1.59 bits per heavy atom. The largest absolute Gasteiger partial charge is 0.357 e. The second kappa shape index (κ2) is 6.34. The fourth-order valence-corrected chi connectivity index (χ4v) is 3.05. The highest BCUT2D eigenvalue weighted by atomic mass is 16.2. The third-order valence-electron chi connectivity index (χ3n) is 4.40. The molecule has 0 saturated carbocycles. The van der Waals surface area contributed by atoms with E-state index in [0.717, 1.165) is 18.9 Å². The standard InChI is InChI=1S/C16H22N4O2/c1-13(21)18-9-11-20(12-10-18)16(22)14-5-4-6-15(17-14)19-7-2-3-8-19/h4-6H,2-3,7-12H2,1H3. The second-order valence-corrected chi connectivity index (χ2v) is 5.87. The van der Waals surface area contributed by atoms with Crippen LogP contribution < -0.4 is 4.90 Å². The lowest BCUT2D eigenvalue weighted by atomic mass is 10.2. The van der Waals surface area contributed by atoms with Gasteiger partial charge in [-0.25, -0.2) is 4.98 Å². The molecular weight excluding hydrogens is 280 g/mol. The Kier molecular flexibility index (Phi) is 4.27. The zero-order chi connectivity index (χ0) is 15.5. The van der Waals surface area contributed by atoms with Crippen LogP contribution in [0.1, 0.15) is 30.3 Å². The Labute approximate surface area is 130 Å². The fraction of sp³-hybridized carbons (Fsp3) is 0.562. The van der Waals surface area contributed by atoms with Crippen LogP contribution in [-0.2, 0) is 4.79 Å². The maximum Gasteiger partial charge on any atom is 0.272 e. The van der Waals surface area contributed by atoms with Crippen molar-refractivity contribution in [3.05, 3.63) is 23.9 Å². The van der Waals surface area contributed by atoms with Gasteiger partial charge in [0.25, 0.3) is 5.91 Å². The van der Waals surface area contributed by atoms with Gasteiger partial charge in [-0.1, -0.05) is 6.07 Å². The summed E-state index contributed by atoms with van der Waals surface area (Å²) in [5.41, 5.74) is 0.501. The van der Waals surface area contributed by atoms with Gasteiger partial charge < -0.3 is 14.7 Å². The van der Waals surface area contributed by atoms with E-state index in [4.69, 9.17) is 0 Å². The third-order valence-corrected chi connectivity index (χ3v) is 4.40. The van der Waals surface area contributed by atoms with E-state index in [0.29, 0.717) is 31.9 Å². The summed E-state index contributed by atoms with van der Waals surface area (Å²) < 4.78 is 0. The first-order chi connectivity index (χ1) is 10.6. The van der Waals surface area contributed by atoms with E-state index in [-0.39, 0.29) is 11.8 Å². The molecule has 1 aromatic heterocycles. The number of nitrogens with zero attached hydrogens (tertiary/aromatic N) is 4. The van der Waals surface area contributed by atoms with Gasteiger partial charge in [0.1, 0.15) is 11.5 Å². The van der Waals surface area contributed by atoms with E-state index in [2.05, 4.69) is 9.88 Å². The van der Waals surface area contributed by atoms with E-state index in [1.165, 1.54) is 12.8 Å². The monoisotopic (exact) mass is 302 g/mol. The van der Waals surface area contributed by atoms with Gasteiger partial charge in [-0.05, 0) is 25.0 Å². The fourth-order valence-electron chi connectivity index (χ4n) is 3.05. The predicted molar refractivity (Wildman–Crippen MR) is 83.8 cm³/mol. The second-order valence-electron chi connectivity index (χ2n) is 5.87. The number of aromatic nitrogens is 1. The molecule has 0 spiro atoms. The van der Waals surface area contributed by atoms with Crippen molar-refractivity contribution in [2.75, 3.05) is 44.2 Å². The molecule has 2 fully saturated rings. The van der Waals surface area contributed by atoms with Crippen LogP contribution in [0.2, 0.25) is 0 Å².